The summed E-state index contributed by atoms with van der Waals surface area (Å²) in [4.78, 5) is 13.0. The molecule has 0 radical (unpaired) electrons. The minimum absolute atomic E-state index is 0.000510. The highest BCUT2D eigenvalue weighted by molar-refractivity contribution is 7.10. The first-order chi connectivity index (χ1) is 8.34. The molecule has 0 aromatic carbocycles. The fourth-order valence-electron chi connectivity index (χ4n) is 1.76. The van der Waals surface area contributed by atoms with Crippen LogP contribution in [0, 0.1) is 5.92 Å². The van der Waals surface area contributed by atoms with Crippen molar-refractivity contribution in [1.29, 1.82) is 0 Å². The van der Waals surface area contributed by atoms with Gasteiger partial charge in [-0.15, -0.1) is 21.5 Å². The summed E-state index contributed by atoms with van der Waals surface area (Å²) in [5, 5.41) is 15.2. The number of rotatable bonds is 4. The van der Waals surface area contributed by atoms with Crippen molar-refractivity contribution in [1.82, 2.24) is 20.6 Å². The lowest BCUT2D eigenvalue weighted by molar-refractivity contribution is -0.146. The maximum Gasteiger partial charge on any atom is 0.310 e. The van der Waals surface area contributed by atoms with Gasteiger partial charge in [-0.25, -0.2) is 0 Å². The first-order valence-electron chi connectivity index (χ1n) is 5.27. The Hall–Kier alpha value is -1.76. The first-order valence-corrected chi connectivity index (χ1v) is 6.15. The standard InChI is InChI=1S/C10H10N4O2S/c15-10(16-5-9-11-13-14-12-9)7-4-6(7)8-2-1-3-17-8/h1-3,6-7H,4-5H2,(H,11,12,13,14)/t6-,7-/m1/s1. The Morgan fingerprint density at radius 3 is 3.29 bits per heavy atom. The average molecular weight is 250 g/mol. The van der Waals surface area contributed by atoms with Crippen LogP contribution in [0.4, 0.5) is 0 Å². The van der Waals surface area contributed by atoms with E-state index in [1.54, 1.807) is 11.3 Å². The lowest BCUT2D eigenvalue weighted by Crippen LogP contribution is -2.08. The number of tetrazole rings is 1. The van der Waals surface area contributed by atoms with E-state index in [2.05, 4.69) is 26.7 Å². The Kier molecular flexibility index (Phi) is 2.60. The van der Waals surface area contributed by atoms with Crippen LogP contribution in [-0.4, -0.2) is 26.6 Å². The van der Waals surface area contributed by atoms with Gasteiger partial charge in [0.05, 0.1) is 5.92 Å². The van der Waals surface area contributed by atoms with Crippen LogP contribution in [0.5, 0.6) is 0 Å². The van der Waals surface area contributed by atoms with E-state index in [0.29, 0.717) is 11.7 Å². The molecule has 1 aliphatic carbocycles. The van der Waals surface area contributed by atoms with Gasteiger partial charge < -0.3 is 4.74 Å². The number of H-pyrrole nitrogens is 1. The quantitative estimate of drug-likeness (QED) is 0.822. The Bertz CT molecular complexity index is 496. The summed E-state index contributed by atoms with van der Waals surface area (Å²) < 4.78 is 5.12. The second-order valence-corrected chi connectivity index (χ2v) is 4.88. The van der Waals surface area contributed by atoms with Crippen molar-refractivity contribution in [2.24, 2.45) is 5.92 Å². The third-order valence-electron chi connectivity index (χ3n) is 2.73. The van der Waals surface area contributed by atoms with Crippen LogP contribution in [0.3, 0.4) is 0 Å². The molecule has 0 saturated heterocycles. The van der Waals surface area contributed by atoms with Gasteiger partial charge in [0, 0.05) is 10.8 Å². The average Bonchev–Trinajstić information content (AvgIpc) is 2.82. The Balaban J connectivity index is 1.52. The highest BCUT2D eigenvalue weighted by atomic mass is 32.1. The third-order valence-corrected chi connectivity index (χ3v) is 3.74. The number of aromatic nitrogens is 4. The number of carbonyl (C=O) groups is 1. The van der Waals surface area contributed by atoms with Crippen molar-refractivity contribution in [2.45, 2.75) is 18.9 Å². The molecule has 1 saturated carbocycles. The molecule has 1 N–H and O–H groups in total. The zero-order valence-corrected chi connectivity index (χ0v) is 9.68. The molecule has 17 heavy (non-hydrogen) atoms. The van der Waals surface area contributed by atoms with Crippen LogP contribution in [0.25, 0.3) is 0 Å². The number of nitrogens with one attached hydrogen (secondary N) is 1. The predicted octanol–water partition coefficient (Wildman–Crippen LogP) is 1.11. The Labute approximate surface area is 101 Å². The van der Waals surface area contributed by atoms with Crippen LogP contribution >= 0.6 is 11.3 Å². The van der Waals surface area contributed by atoms with Gasteiger partial charge in [-0.05, 0) is 17.9 Å². The fraction of sp³-hybridized carbons (Fsp3) is 0.400. The highest BCUT2D eigenvalue weighted by Gasteiger charge is 2.45. The molecule has 0 spiro atoms. The molecule has 0 amide bonds. The van der Waals surface area contributed by atoms with Crippen molar-refractivity contribution in [2.75, 3.05) is 0 Å². The minimum Gasteiger partial charge on any atom is -0.457 e. The van der Waals surface area contributed by atoms with Gasteiger partial charge in [-0.2, -0.15) is 5.21 Å². The van der Waals surface area contributed by atoms with Gasteiger partial charge >= 0.3 is 5.97 Å². The fourth-order valence-corrected chi connectivity index (χ4v) is 2.67. The highest BCUT2D eigenvalue weighted by Crippen LogP contribution is 2.49. The Morgan fingerprint density at radius 2 is 2.59 bits per heavy atom. The minimum atomic E-state index is -0.173. The summed E-state index contributed by atoms with van der Waals surface area (Å²) in [5.74, 6) is 0.563. The predicted molar refractivity (Wildman–Crippen MR) is 59.1 cm³/mol. The molecule has 2 heterocycles. The molecule has 88 valence electrons. The van der Waals surface area contributed by atoms with Gasteiger partial charge in [-0.3, -0.25) is 4.79 Å². The summed E-state index contributed by atoms with van der Waals surface area (Å²) in [5.41, 5.74) is 0. The van der Waals surface area contributed by atoms with Crippen molar-refractivity contribution in [3.8, 4) is 0 Å². The van der Waals surface area contributed by atoms with Crippen molar-refractivity contribution in [3.05, 3.63) is 28.2 Å². The van der Waals surface area contributed by atoms with E-state index < -0.39 is 0 Å². The van der Waals surface area contributed by atoms with E-state index in [9.17, 15) is 4.79 Å². The summed E-state index contributed by atoms with van der Waals surface area (Å²) in [7, 11) is 0. The van der Waals surface area contributed by atoms with E-state index in [1.165, 1.54) is 4.88 Å². The number of esters is 1. The smallest absolute Gasteiger partial charge is 0.310 e. The number of carbonyl (C=O) groups excluding carboxylic acids is 1. The number of thiophene rings is 1. The lowest BCUT2D eigenvalue weighted by atomic mass is 10.3. The Morgan fingerprint density at radius 1 is 1.65 bits per heavy atom. The molecular formula is C10H10N4O2S. The number of nitrogens with zero attached hydrogens (tertiary/aromatic N) is 3. The third kappa shape index (κ3) is 2.19. The number of hydrogen-bond donors (Lipinski definition) is 1. The summed E-state index contributed by atoms with van der Waals surface area (Å²) in [6, 6.07) is 4.06. The molecule has 2 aromatic heterocycles. The monoisotopic (exact) mass is 250 g/mol. The molecule has 0 unspecified atom stereocenters. The largest absolute Gasteiger partial charge is 0.457 e. The summed E-state index contributed by atoms with van der Waals surface area (Å²) in [6.07, 6.45) is 0.881. The van der Waals surface area contributed by atoms with E-state index in [1.807, 2.05) is 11.4 Å². The van der Waals surface area contributed by atoms with Crippen LogP contribution in [0.1, 0.15) is 23.0 Å². The molecule has 0 bridgehead atoms. The zero-order chi connectivity index (χ0) is 11.7. The second-order valence-electron chi connectivity index (χ2n) is 3.90. The van der Waals surface area contributed by atoms with Crippen molar-refractivity contribution in [3.63, 3.8) is 0 Å². The topological polar surface area (TPSA) is 80.8 Å². The molecule has 1 fully saturated rings. The molecule has 1 aliphatic rings. The van der Waals surface area contributed by atoms with E-state index in [0.717, 1.165) is 6.42 Å². The number of hydrogen-bond acceptors (Lipinski definition) is 6. The molecule has 2 aromatic rings. The lowest BCUT2D eigenvalue weighted by Gasteiger charge is -2.00. The van der Waals surface area contributed by atoms with Gasteiger partial charge in [0.15, 0.2) is 6.61 Å². The molecule has 2 atom stereocenters. The van der Waals surface area contributed by atoms with E-state index in [-0.39, 0.29) is 18.5 Å². The van der Waals surface area contributed by atoms with Gasteiger partial charge in [0.2, 0.25) is 5.82 Å². The molecular weight excluding hydrogens is 240 g/mol. The molecule has 6 nitrogen and oxygen atoms in total. The van der Waals surface area contributed by atoms with Gasteiger partial charge in [-0.1, -0.05) is 11.3 Å². The number of aromatic amines is 1. The van der Waals surface area contributed by atoms with E-state index >= 15 is 0 Å². The molecule has 0 aliphatic heterocycles. The second kappa shape index (κ2) is 4.25. The van der Waals surface area contributed by atoms with Gasteiger partial charge in [0.1, 0.15) is 0 Å². The normalized spacial score (nSPS) is 22.4. The van der Waals surface area contributed by atoms with Crippen LogP contribution < -0.4 is 0 Å². The van der Waals surface area contributed by atoms with Crippen molar-refractivity contribution >= 4 is 17.3 Å². The number of ether oxygens (including phenoxy) is 1. The maximum absolute atomic E-state index is 11.7. The zero-order valence-electron chi connectivity index (χ0n) is 8.87. The SMILES string of the molecule is O=C(OCc1nn[nH]n1)[C@@H]1C[C@H]1c1cccs1. The maximum atomic E-state index is 11.7. The van der Waals surface area contributed by atoms with Gasteiger partial charge in [0.25, 0.3) is 0 Å². The van der Waals surface area contributed by atoms with Crippen LogP contribution in [0.15, 0.2) is 17.5 Å². The van der Waals surface area contributed by atoms with Crippen LogP contribution in [-0.2, 0) is 16.1 Å². The van der Waals surface area contributed by atoms with Crippen LogP contribution in [0.2, 0.25) is 0 Å². The summed E-state index contributed by atoms with van der Waals surface area (Å²) >= 11 is 1.68. The van der Waals surface area contributed by atoms with Crippen molar-refractivity contribution < 1.29 is 9.53 Å². The molecule has 3 rings (SSSR count). The summed E-state index contributed by atoms with van der Waals surface area (Å²) in [6.45, 7) is 0.0863. The first kappa shape index (κ1) is 10.4. The van der Waals surface area contributed by atoms with E-state index in [4.69, 9.17) is 4.74 Å². The molecule has 7 heteroatoms.